The first kappa shape index (κ1) is 16.2. The zero-order valence-corrected chi connectivity index (χ0v) is 7.64. The molecule has 50 valence electrons. The summed E-state index contributed by atoms with van der Waals surface area (Å²) in [6, 6.07) is 0. The van der Waals surface area contributed by atoms with Gasteiger partial charge in [-0.1, -0.05) is 13.3 Å². The van der Waals surface area contributed by atoms with E-state index in [1.54, 1.807) is 0 Å². The molecule has 0 amide bonds. The first-order valence-corrected chi connectivity index (χ1v) is 2.85. The number of rotatable bonds is 2. The van der Waals surface area contributed by atoms with Crippen LogP contribution >= 0.6 is 0 Å². The maximum atomic E-state index is 9.11. The van der Waals surface area contributed by atoms with Crippen molar-refractivity contribution in [1.82, 2.24) is 0 Å². The Kier molecular flexibility index (Phi) is 42.7. The monoisotopic (exact) mass is 138 g/mol. The fraction of sp³-hybridized carbons (Fsp3) is 0.571. The van der Waals surface area contributed by atoms with Gasteiger partial charge in [-0.3, -0.25) is 0 Å². The number of carbonyl (C=O) groups excluding carboxylic acids is 1. The summed E-state index contributed by atoms with van der Waals surface area (Å²) < 4.78 is 0. The van der Waals surface area contributed by atoms with Crippen LogP contribution in [-0.2, 0) is 4.79 Å². The molecule has 1 nitrogen and oxygen atoms in total. The molecule has 0 heterocycles. The van der Waals surface area contributed by atoms with Gasteiger partial charge in [0.25, 0.3) is 0 Å². The topological polar surface area (TPSA) is 17.1 Å². The number of carbonyl (C=O) groups is 1. The average Bonchev–Trinajstić information content (AvgIpc) is 1.88. The Hall–Kier alpha value is 0.436. The number of hydrogen-bond donors (Lipinski definition) is 0. The van der Waals surface area contributed by atoms with Crippen LogP contribution in [0.1, 0.15) is 26.2 Å². The third kappa shape index (κ3) is 58.9. The first-order valence-electron chi connectivity index (χ1n) is 2.85. The summed E-state index contributed by atoms with van der Waals surface area (Å²) in [5.41, 5.74) is 0. The van der Waals surface area contributed by atoms with Crippen LogP contribution in [0.2, 0.25) is 0 Å². The molecule has 0 rings (SSSR count). The van der Waals surface area contributed by atoms with Gasteiger partial charge in [-0.2, -0.15) is 6.42 Å². The predicted molar refractivity (Wildman–Crippen MR) is 42.1 cm³/mol. The molecule has 0 fully saturated rings. The van der Waals surface area contributed by atoms with Gasteiger partial charge in [0, 0.05) is 0 Å². The van der Waals surface area contributed by atoms with E-state index < -0.39 is 0 Å². The second kappa shape index (κ2) is 23.7. The SMILES string of the molecule is [CH2-]CC=O.[CH2-]CCC.[Mg+2]. The summed E-state index contributed by atoms with van der Waals surface area (Å²) in [5, 5.41) is 0. The van der Waals surface area contributed by atoms with Crippen molar-refractivity contribution in [3.05, 3.63) is 13.8 Å². The van der Waals surface area contributed by atoms with Gasteiger partial charge >= 0.3 is 23.1 Å². The summed E-state index contributed by atoms with van der Waals surface area (Å²) in [7, 11) is 0. The van der Waals surface area contributed by atoms with Crippen molar-refractivity contribution in [2.75, 3.05) is 0 Å². The molecular weight excluding hydrogens is 124 g/mol. The Morgan fingerprint density at radius 3 is 1.67 bits per heavy atom. The van der Waals surface area contributed by atoms with Crippen molar-refractivity contribution >= 4 is 29.3 Å². The van der Waals surface area contributed by atoms with Crippen LogP contribution in [-0.4, -0.2) is 29.3 Å². The van der Waals surface area contributed by atoms with E-state index in [0.29, 0.717) is 6.42 Å². The van der Waals surface area contributed by atoms with Crippen molar-refractivity contribution in [3.8, 4) is 0 Å². The average molecular weight is 138 g/mol. The van der Waals surface area contributed by atoms with Gasteiger partial charge in [0.1, 0.15) is 0 Å². The standard InChI is InChI=1S/C4H9.C3H5O.Mg/c1-3-4-2;1-2-3-4;/h1,3-4H2,2H3;3H,1-2H2;/q2*-1;+2. The van der Waals surface area contributed by atoms with Crippen LogP contribution in [0.15, 0.2) is 0 Å². The summed E-state index contributed by atoms with van der Waals surface area (Å²) in [6.07, 6.45) is 3.43. The van der Waals surface area contributed by atoms with Gasteiger partial charge in [0.05, 0.1) is 6.29 Å². The minimum Gasteiger partial charge on any atom is -0.343 e. The van der Waals surface area contributed by atoms with E-state index in [1.807, 2.05) is 0 Å². The van der Waals surface area contributed by atoms with E-state index >= 15 is 0 Å². The van der Waals surface area contributed by atoms with E-state index in [9.17, 15) is 0 Å². The fourth-order valence-electron chi connectivity index (χ4n) is 0. The second-order valence-electron chi connectivity index (χ2n) is 1.31. The summed E-state index contributed by atoms with van der Waals surface area (Å²) in [4.78, 5) is 9.11. The van der Waals surface area contributed by atoms with Crippen molar-refractivity contribution in [2.24, 2.45) is 0 Å². The molecule has 2 heteroatoms. The van der Waals surface area contributed by atoms with Gasteiger partial charge < -0.3 is 18.6 Å². The zero-order valence-electron chi connectivity index (χ0n) is 6.23. The number of unbranched alkanes of at least 4 members (excludes halogenated alkanes) is 1. The Labute approximate surface area is 74.4 Å². The minimum absolute atomic E-state index is 0. The molecule has 0 aliphatic heterocycles. The van der Waals surface area contributed by atoms with E-state index in [0.717, 1.165) is 12.7 Å². The van der Waals surface area contributed by atoms with Crippen molar-refractivity contribution in [1.29, 1.82) is 0 Å². The molecule has 0 aromatic rings. The van der Waals surface area contributed by atoms with E-state index in [-0.39, 0.29) is 23.1 Å². The first-order chi connectivity index (χ1) is 3.83. The molecule has 0 aromatic heterocycles. The number of aldehydes is 1. The summed E-state index contributed by atoms with van der Waals surface area (Å²) >= 11 is 0. The molecule has 0 N–H and O–H groups in total. The van der Waals surface area contributed by atoms with Crippen LogP contribution in [0.5, 0.6) is 0 Å². The zero-order chi connectivity index (χ0) is 6.83. The number of hydrogen-bond acceptors (Lipinski definition) is 1. The molecule has 0 atom stereocenters. The molecule has 0 radical (unpaired) electrons. The normalized spacial score (nSPS) is 6.11. The van der Waals surface area contributed by atoms with E-state index in [2.05, 4.69) is 20.8 Å². The van der Waals surface area contributed by atoms with Crippen molar-refractivity contribution in [3.63, 3.8) is 0 Å². The van der Waals surface area contributed by atoms with Gasteiger partial charge in [0.2, 0.25) is 0 Å². The van der Waals surface area contributed by atoms with Crippen molar-refractivity contribution in [2.45, 2.75) is 26.2 Å². The molecule has 0 aliphatic carbocycles. The third-order valence-corrected chi connectivity index (χ3v) is 0.471. The van der Waals surface area contributed by atoms with Gasteiger partial charge in [-0.25, -0.2) is 0 Å². The molecule has 0 saturated carbocycles. The summed E-state index contributed by atoms with van der Waals surface area (Å²) in [6.45, 7) is 8.96. The van der Waals surface area contributed by atoms with Gasteiger partial charge in [0.15, 0.2) is 0 Å². The molecular formula is C7H14MgO. The second-order valence-corrected chi connectivity index (χ2v) is 1.31. The Balaban J connectivity index is -0.0000000720. The van der Waals surface area contributed by atoms with Crippen LogP contribution < -0.4 is 0 Å². The van der Waals surface area contributed by atoms with Crippen LogP contribution in [0, 0.1) is 13.8 Å². The Bertz CT molecular complexity index is 35.9. The largest absolute Gasteiger partial charge is 2.00 e. The van der Waals surface area contributed by atoms with Crippen LogP contribution in [0.3, 0.4) is 0 Å². The van der Waals surface area contributed by atoms with E-state index in [1.165, 1.54) is 6.42 Å². The fourth-order valence-corrected chi connectivity index (χ4v) is 0. The molecule has 0 bridgehead atoms. The van der Waals surface area contributed by atoms with Gasteiger partial charge in [-0.15, -0.1) is 6.42 Å². The molecule has 0 aliphatic rings. The van der Waals surface area contributed by atoms with Crippen LogP contribution in [0.4, 0.5) is 0 Å². The maximum absolute atomic E-state index is 9.11. The molecule has 0 spiro atoms. The van der Waals surface area contributed by atoms with E-state index in [4.69, 9.17) is 4.79 Å². The molecule has 0 aromatic carbocycles. The molecule has 0 unspecified atom stereocenters. The van der Waals surface area contributed by atoms with Crippen LogP contribution in [0.25, 0.3) is 0 Å². The maximum Gasteiger partial charge on any atom is 2.00 e. The minimum atomic E-state index is 0. The summed E-state index contributed by atoms with van der Waals surface area (Å²) in [5.74, 6) is 0. The van der Waals surface area contributed by atoms with Crippen molar-refractivity contribution < 1.29 is 4.79 Å². The molecule has 9 heavy (non-hydrogen) atoms. The quantitative estimate of drug-likeness (QED) is 0.322. The third-order valence-electron chi connectivity index (χ3n) is 0.471. The smallest absolute Gasteiger partial charge is 0.343 e. The Morgan fingerprint density at radius 2 is 1.67 bits per heavy atom. The van der Waals surface area contributed by atoms with Gasteiger partial charge in [-0.05, 0) is 0 Å². The Morgan fingerprint density at radius 1 is 1.44 bits per heavy atom. The molecule has 0 saturated heterocycles. The predicted octanol–water partition coefficient (Wildman–Crippen LogP) is 1.65.